The van der Waals surface area contributed by atoms with E-state index in [0.29, 0.717) is 24.3 Å². The van der Waals surface area contributed by atoms with Gasteiger partial charge in [-0.05, 0) is 30.2 Å². The van der Waals surface area contributed by atoms with Gasteiger partial charge in [0.25, 0.3) is 0 Å². The Kier molecular flexibility index (Phi) is 3.92. The Morgan fingerprint density at radius 2 is 1.64 bits per heavy atom. The molecule has 25 heavy (non-hydrogen) atoms. The maximum atomic E-state index is 12.5. The Morgan fingerprint density at radius 1 is 0.960 bits per heavy atom. The first kappa shape index (κ1) is 15.7. The number of aryl methyl sites for hydroxylation is 1. The minimum atomic E-state index is -0.125. The fourth-order valence-electron chi connectivity index (χ4n) is 3.33. The number of amides is 2. The predicted octanol–water partition coefficient (Wildman–Crippen LogP) is 3.16. The lowest BCUT2D eigenvalue weighted by Gasteiger charge is -2.30. The van der Waals surface area contributed by atoms with E-state index < -0.39 is 0 Å². The monoisotopic (exact) mass is 337 g/mol. The van der Waals surface area contributed by atoms with Crippen LogP contribution >= 0.6 is 0 Å². The molecule has 2 aromatic carbocycles. The molecule has 5 heteroatoms. The summed E-state index contributed by atoms with van der Waals surface area (Å²) in [5, 5.41) is 0. The molecule has 5 nitrogen and oxygen atoms in total. The van der Waals surface area contributed by atoms with E-state index in [1.807, 2.05) is 49.4 Å². The quantitative estimate of drug-likeness (QED) is 0.808. The van der Waals surface area contributed by atoms with Crippen LogP contribution in [0.5, 0.6) is 11.5 Å². The van der Waals surface area contributed by atoms with Gasteiger partial charge in [0.2, 0.25) is 18.6 Å². The second-order valence-corrected chi connectivity index (χ2v) is 6.58. The summed E-state index contributed by atoms with van der Waals surface area (Å²) >= 11 is 0. The van der Waals surface area contributed by atoms with Gasteiger partial charge in [-0.3, -0.25) is 14.5 Å². The highest BCUT2D eigenvalue weighted by Gasteiger charge is 2.33. The number of hydrogen-bond acceptors (Lipinski definition) is 4. The second kappa shape index (κ2) is 6.24. The summed E-state index contributed by atoms with van der Waals surface area (Å²) in [6.45, 7) is 2.50. The van der Waals surface area contributed by atoms with Crippen molar-refractivity contribution in [3.63, 3.8) is 0 Å². The van der Waals surface area contributed by atoms with Crippen molar-refractivity contribution in [2.24, 2.45) is 0 Å². The molecule has 2 aliphatic rings. The molecular weight excluding hydrogens is 318 g/mol. The highest BCUT2D eigenvalue weighted by molar-refractivity contribution is 5.98. The first-order valence-corrected chi connectivity index (χ1v) is 8.38. The summed E-state index contributed by atoms with van der Waals surface area (Å²) in [5.74, 6) is 1.07. The highest BCUT2D eigenvalue weighted by Crippen LogP contribution is 2.34. The van der Waals surface area contributed by atoms with Gasteiger partial charge < -0.3 is 9.47 Å². The van der Waals surface area contributed by atoms with Gasteiger partial charge in [0.05, 0.1) is 6.54 Å². The molecule has 2 aromatic rings. The first-order chi connectivity index (χ1) is 12.1. The van der Waals surface area contributed by atoms with Crippen LogP contribution in [0.2, 0.25) is 0 Å². The van der Waals surface area contributed by atoms with Crippen molar-refractivity contribution < 1.29 is 19.1 Å². The molecule has 0 radical (unpaired) electrons. The lowest BCUT2D eigenvalue weighted by atomic mass is 9.88. The van der Waals surface area contributed by atoms with Crippen LogP contribution in [0.15, 0.2) is 42.5 Å². The van der Waals surface area contributed by atoms with Crippen LogP contribution < -0.4 is 9.47 Å². The normalized spacial score (nSPS) is 17.2. The third-order valence-electron chi connectivity index (χ3n) is 4.77. The van der Waals surface area contributed by atoms with E-state index in [9.17, 15) is 9.59 Å². The average Bonchev–Trinajstić information content (AvgIpc) is 3.06. The molecule has 0 unspecified atom stereocenters. The summed E-state index contributed by atoms with van der Waals surface area (Å²) in [4.78, 5) is 26.4. The molecular formula is C20H19NO4. The Hall–Kier alpha value is -2.82. The topological polar surface area (TPSA) is 55.8 Å². The second-order valence-electron chi connectivity index (χ2n) is 6.58. The van der Waals surface area contributed by atoms with Crippen LogP contribution in [0.25, 0.3) is 0 Å². The minimum absolute atomic E-state index is 0.0337. The van der Waals surface area contributed by atoms with Crippen molar-refractivity contribution in [3.8, 4) is 11.5 Å². The van der Waals surface area contributed by atoms with Crippen molar-refractivity contribution >= 4 is 11.8 Å². The maximum Gasteiger partial charge on any atom is 0.231 e. The third-order valence-corrected chi connectivity index (χ3v) is 4.77. The van der Waals surface area contributed by atoms with E-state index in [1.165, 1.54) is 10.5 Å². The number of piperidine rings is 1. The molecule has 2 heterocycles. The summed E-state index contributed by atoms with van der Waals surface area (Å²) in [5.41, 5.74) is 3.08. The highest BCUT2D eigenvalue weighted by atomic mass is 16.7. The summed E-state index contributed by atoms with van der Waals surface area (Å²) < 4.78 is 10.6. The zero-order valence-corrected chi connectivity index (χ0v) is 14.0. The first-order valence-electron chi connectivity index (χ1n) is 8.38. The standard InChI is InChI=1S/C20H19NO4/c1-13-2-5-15(6-3-13)16-9-19(22)21(20(23)10-16)11-14-4-7-17-18(8-14)25-12-24-17/h2-8,16H,9-12H2,1H3. The van der Waals surface area contributed by atoms with Gasteiger partial charge in [0.15, 0.2) is 11.5 Å². The Morgan fingerprint density at radius 3 is 2.36 bits per heavy atom. The third kappa shape index (κ3) is 3.09. The van der Waals surface area contributed by atoms with Crippen LogP contribution in [-0.2, 0) is 16.1 Å². The molecule has 1 fully saturated rings. The number of carbonyl (C=O) groups is 2. The van der Waals surface area contributed by atoms with Gasteiger partial charge in [-0.25, -0.2) is 0 Å². The van der Waals surface area contributed by atoms with E-state index in [-0.39, 0.29) is 31.1 Å². The summed E-state index contributed by atoms with van der Waals surface area (Å²) in [6.07, 6.45) is 0.721. The number of rotatable bonds is 3. The molecule has 0 spiro atoms. The molecule has 2 amide bonds. The Labute approximate surface area is 146 Å². The van der Waals surface area contributed by atoms with Crippen LogP contribution in [0.1, 0.15) is 35.4 Å². The number of imide groups is 1. The molecule has 0 aliphatic carbocycles. The molecule has 0 N–H and O–H groups in total. The smallest absolute Gasteiger partial charge is 0.231 e. The van der Waals surface area contributed by atoms with Crippen molar-refractivity contribution in [2.75, 3.05) is 6.79 Å². The van der Waals surface area contributed by atoms with Crippen LogP contribution in [-0.4, -0.2) is 23.5 Å². The predicted molar refractivity (Wildman–Crippen MR) is 91.3 cm³/mol. The molecule has 0 saturated carbocycles. The number of benzene rings is 2. The zero-order valence-electron chi connectivity index (χ0n) is 14.0. The number of likely N-dealkylation sites (tertiary alicyclic amines) is 1. The van der Waals surface area contributed by atoms with Crippen LogP contribution in [0.3, 0.4) is 0 Å². The number of nitrogens with zero attached hydrogens (tertiary/aromatic N) is 1. The van der Waals surface area contributed by atoms with Gasteiger partial charge >= 0.3 is 0 Å². The van der Waals surface area contributed by atoms with Gasteiger partial charge in [-0.15, -0.1) is 0 Å². The van der Waals surface area contributed by atoms with Gasteiger partial charge in [-0.2, -0.15) is 0 Å². The molecule has 4 rings (SSSR count). The maximum absolute atomic E-state index is 12.5. The molecule has 2 aliphatic heterocycles. The van der Waals surface area contributed by atoms with Crippen LogP contribution in [0.4, 0.5) is 0 Å². The van der Waals surface area contributed by atoms with Gasteiger partial charge in [-0.1, -0.05) is 35.9 Å². The zero-order chi connectivity index (χ0) is 17.4. The van der Waals surface area contributed by atoms with Gasteiger partial charge in [0.1, 0.15) is 0 Å². The van der Waals surface area contributed by atoms with Crippen molar-refractivity contribution in [1.29, 1.82) is 0 Å². The van der Waals surface area contributed by atoms with E-state index in [4.69, 9.17) is 9.47 Å². The Bertz CT molecular complexity index is 810. The molecule has 128 valence electrons. The minimum Gasteiger partial charge on any atom is -0.454 e. The molecule has 0 aromatic heterocycles. The largest absolute Gasteiger partial charge is 0.454 e. The van der Waals surface area contributed by atoms with E-state index in [2.05, 4.69) is 0 Å². The van der Waals surface area contributed by atoms with Crippen molar-refractivity contribution in [3.05, 3.63) is 59.2 Å². The van der Waals surface area contributed by atoms with Gasteiger partial charge in [0, 0.05) is 18.8 Å². The fourth-order valence-corrected chi connectivity index (χ4v) is 3.33. The molecule has 0 atom stereocenters. The van der Waals surface area contributed by atoms with Crippen molar-refractivity contribution in [1.82, 2.24) is 4.90 Å². The lowest BCUT2D eigenvalue weighted by Crippen LogP contribution is -2.42. The summed E-state index contributed by atoms with van der Waals surface area (Å²) in [7, 11) is 0. The Balaban J connectivity index is 1.48. The van der Waals surface area contributed by atoms with E-state index in [1.54, 1.807) is 0 Å². The SMILES string of the molecule is Cc1ccc(C2CC(=O)N(Cc3ccc4c(c3)OCO4)C(=O)C2)cc1. The van der Waals surface area contributed by atoms with Crippen LogP contribution in [0, 0.1) is 6.92 Å². The number of fused-ring (bicyclic) bond motifs is 1. The lowest BCUT2D eigenvalue weighted by molar-refractivity contribution is -0.149. The van der Waals surface area contributed by atoms with E-state index >= 15 is 0 Å². The van der Waals surface area contributed by atoms with Crippen molar-refractivity contribution in [2.45, 2.75) is 32.2 Å². The fraction of sp³-hybridized carbons (Fsp3) is 0.300. The molecule has 0 bridgehead atoms. The van der Waals surface area contributed by atoms with E-state index in [0.717, 1.165) is 11.1 Å². The number of carbonyl (C=O) groups excluding carboxylic acids is 2. The summed E-state index contributed by atoms with van der Waals surface area (Å²) in [6, 6.07) is 13.6. The number of ether oxygens (including phenoxy) is 2. The molecule has 1 saturated heterocycles. The average molecular weight is 337 g/mol. The number of hydrogen-bond donors (Lipinski definition) is 0.